The van der Waals surface area contributed by atoms with E-state index in [0.717, 1.165) is 18.4 Å². The fourth-order valence-corrected chi connectivity index (χ4v) is 3.12. The molecule has 0 radical (unpaired) electrons. The minimum Gasteiger partial charge on any atom is -0.481 e. The van der Waals surface area contributed by atoms with Crippen LogP contribution in [0.2, 0.25) is 0 Å². The lowest BCUT2D eigenvalue weighted by atomic mass is 9.87. The molecule has 0 fully saturated rings. The van der Waals surface area contributed by atoms with Crippen molar-refractivity contribution in [2.45, 2.75) is 64.7 Å². The molecular formula is C21H29NO4. The maximum absolute atomic E-state index is 11.6. The Bertz CT molecular complexity index is 603. The van der Waals surface area contributed by atoms with E-state index < -0.39 is 23.8 Å². The zero-order valence-corrected chi connectivity index (χ0v) is 15.5. The molecule has 0 saturated carbocycles. The number of rotatable bonds is 13. The molecule has 5 heteroatoms. The molecule has 1 rings (SSSR count). The smallest absolute Gasteiger partial charge is 0.306 e. The lowest BCUT2D eigenvalue weighted by molar-refractivity contribution is -0.146. The van der Waals surface area contributed by atoms with E-state index in [2.05, 4.69) is 19.1 Å². The van der Waals surface area contributed by atoms with Crippen LogP contribution in [-0.2, 0) is 22.4 Å². The van der Waals surface area contributed by atoms with Gasteiger partial charge in [0.05, 0.1) is 17.9 Å². The van der Waals surface area contributed by atoms with Gasteiger partial charge in [0.25, 0.3) is 0 Å². The molecule has 0 aromatic heterocycles. The topological polar surface area (TPSA) is 98.4 Å². The van der Waals surface area contributed by atoms with E-state index in [1.807, 2.05) is 18.2 Å². The monoisotopic (exact) mass is 359 g/mol. The Kier molecular flexibility index (Phi) is 10.1. The second-order valence-electron chi connectivity index (χ2n) is 6.82. The predicted octanol–water partition coefficient (Wildman–Crippen LogP) is 4.45. The molecule has 0 bridgehead atoms. The van der Waals surface area contributed by atoms with Crippen molar-refractivity contribution in [2.75, 3.05) is 0 Å². The molecule has 2 atom stereocenters. The Labute approximate surface area is 155 Å². The number of nitriles is 1. The Morgan fingerprint density at radius 3 is 2.00 bits per heavy atom. The van der Waals surface area contributed by atoms with Crippen molar-refractivity contribution in [3.8, 4) is 6.07 Å². The number of benzene rings is 1. The molecule has 1 unspecified atom stereocenters. The van der Waals surface area contributed by atoms with Crippen molar-refractivity contribution in [1.82, 2.24) is 0 Å². The highest BCUT2D eigenvalue weighted by Crippen LogP contribution is 2.23. The zero-order valence-electron chi connectivity index (χ0n) is 15.5. The fourth-order valence-electron chi connectivity index (χ4n) is 3.12. The van der Waals surface area contributed by atoms with Crippen LogP contribution < -0.4 is 0 Å². The maximum atomic E-state index is 11.6. The highest BCUT2D eigenvalue weighted by Gasteiger charge is 2.26. The minimum absolute atomic E-state index is 0.144. The second kappa shape index (κ2) is 12.1. The molecule has 0 aliphatic carbocycles. The van der Waals surface area contributed by atoms with Gasteiger partial charge in [0.1, 0.15) is 0 Å². The number of carbonyl (C=O) groups is 2. The molecule has 0 heterocycles. The van der Waals surface area contributed by atoms with Gasteiger partial charge < -0.3 is 10.2 Å². The van der Waals surface area contributed by atoms with E-state index in [9.17, 15) is 19.8 Å². The van der Waals surface area contributed by atoms with Crippen LogP contribution >= 0.6 is 0 Å². The zero-order chi connectivity index (χ0) is 19.4. The van der Waals surface area contributed by atoms with Crippen molar-refractivity contribution >= 4 is 11.9 Å². The van der Waals surface area contributed by atoms with Gasteiger partial charge >= 0.3 is 11.9 Å². The van der Waals surface area contributed by atoms with Gasteiger partial charge in [0.2, 0.25) is 0 Å². The Morgan fingerprint density at radius 1 is 0.962 bits per heavy atom. The number of carboxylic acids is 2. The third-order valence-corrected chi connectivity index (χ3v) is 4.70. The molecule has 26 heavy (non-hydrogen) atoms. The molecule has 0 aliphatic heterocycles. The van der Waals surface area contributed by atoms with E-state index in [-0.39, 0.29) is 6.42 Å². The predicted molar refractivity (Wildman–Crippen MR) is 99.7 cm³/mol. The van der Waals surface area contributed by atoms with Gasteiger partial charge in [-0.3, -0.25) is 9.59 Å². The van der Waals surface area contributed by atoms with E-state index in [1.165, 1.54) is 5.56 Å². The summed E-state index contributed by atoms with van der Waals surface area (Å²) in [6.45, 7) is 2.13. The van der Waals surface area contributed by atoms with Crippen LogP contribution in [0.1, 0.15) is 63.0 Å². The summed E-state index contributed by atoms with van der Waals surface area (Å²) in [6, 6.07) is 10.2. The summed E-state index contributed by atoms with van der Waals surface area (Å²) in [5, 5.41) is 27.4. The maximum Gasteiger partial charge on any atom is 0.306 e. The first-order valence-electron chi connectivity index (χ1n) is 9.38. The van der Waals surface area contributed by atoms with Crippen LogP contribution in [0.4, 0.5) is 0 Å². The van der Waals surface area contributed by atoms with Crippen LogP contribution in [-0.4, -0.2) is 22.2 Å². The Hall–Kier alpha value is -2.35. The van der Waals surface area contributed by atoms with Crippen LogP contribution in [0.25, 0.3) is 0 Å². The standard InChI is InChI=1S/C21H29NO4/c1-2-6-16-8-10-17(11-9-16)12-13-19(21(25)26)15-18(20(23)24)7-4-3-5-14-22/h8-11,18-19H,2-7,12-13,15H2,1H3,(H,23,24)(H,25,26)/t18?,19-/m1/s1. The number of aliphatic carboxylic acids is 2. The van der Waals surface area contributed by atoms with Crippen molar-refractivity contribution < 1.29 is 19.8 Å². The van der Waals surface area contributed by atoms with Gasteiger partial charge in [0.15, 0.2) is 0 Å². The SMILES string of the molecule is CCCc1ccc(CC[C@H](CC(CCCCC#N)C(=O)O)C(=O)O)cc1. The lowest BCUT2D eigenvalue weighted by Gasteiger charge is -2.18. The fraction of sp³-hybridized carbons (Fsp3) is 0.571. The highest BCUT2D eigenvalue weighted by molar-refractivity contribution is 5.73. The molecule has 0 aliphatic rings. The van der Waals surface area contributed by atoms with Crippen molar-refractivity contribution in [3.63, 3.8) is 0 Å². The summed E-state index contributed by atoms with van der Waals surface area (Å²) in [6.07, 6.45) is 5.45. The van der Waals surface area contributed by atoms with Gasteiger partial charge in [-0.05, 0) is 49.7 Å². The van der Waals surface area contributed by atoms with Gasteiger partial charge in [-0.15, -0.1) is 0 Å². The largest absolute Gasteiger partial charge is 0.481 e. The third kappa shape index (κ3) is 8.15. The van der Waals surface area contributed by atoms with Gasteiger partial charge in [0, 0.05) is 6.42 Å². The van der Waals surface area contributed by atoms with Crippen molar-refractivity contribution in [2.24, 2.45) is 11.8 Å². The number of hydrogen-bond acceptors (Lipinski definition) is 3. The van der Waals surface area contributed by atoms with Crippen molar-refractivity contribution in [1.29, 1.82) is 5.26 Å². The molecule has 1 aromatic rings. The first-order valence-corrected chi connectivity index (χ1v) is 9.38. The molecule has 0 spiro atoms. The van der Waals surface area contributed by atoms with Gasteiger partial charge in [-0.25, -0.2) is 0 Å². The summed E-state index contributed by atoms with van der Waals surface area (Å²) < 4.78 is 0. The first-order chi connectivity index (χ1) is 12.5. The minimum atomic E-state index is -0.947. The lowest BCUT2D eigenvalue weighted by Crippen LogP contribution is -2.23. The third-order valence-electron chi connectivity index (χ3n) is 4.70. The summed E-state index contributed by atoms with van der Waals surface area (Å²) in [5.74, 6) is -3.21. The van der Waals surface area contributed by atoms with Crippen LogP contribution in [0.5, 0.6) is 0 Å². The molecule has 142 valence electrons. The molecule has 0 amide bonds. The molecule has 0 saturated heterocycles. The molecule has 1 aromatic carbocycles. The van der Waals surface area contributed by atoms with E-state index in [4.69, 9.17) is 5.26 Å². The van der Waals surface area contributed by atoms with Crippen molar-refractivity contribution in [3.05, 3.63) is 35.4 Å². The van der Waals surface area contributed by atoms with Gasteiger partial charge in [-0.1, -0.05) is 44.0 Å². The first kappa shape index (κ1) is 21.7. The molecule has 5 nitrogen and oxygen atoms in total. The Balaban J connectivity index is 2.59. The number of carboxylic acid groups (broad SMARTS) is 2. The number of hydrogen-bond donors (Lipinski definition) is 2. The van der Waals surface area contributed by atoms with E-state index in [0.29, 0.717) is 38.5 Å². The summed E-state index contributed by atoms with van der Waals surface area (Å²) >= 11 is 0. The van der Waals surface area contributed by atoms with E-state index >= 15 is 0 Å². The number of unbranched alkanes of at least 4 members (excludes halogenated alkanes) is 2. The average molecular weight is 359 g/mol. The molecular weight excluding hydrogens is 330 g/mol. The number of aryl methyl sites for hydroxylation is 2. The quantitative estimate of drug-likeness (QED) is 0.507. The number of nitrogens with zero attached hydrogens (tertiary/aromatic N) is 1. The molecule has 2 N–H and O–H groups in total. The summed E-state index contributed by atoms with van der Waals surface area (Å²) in [7, 11) is 0. The second-order valence-corrected chi connectivity index (χ2v) is 6.82. The summed E-state index contributed by atoms with van der Waals surface area (Å²) in [5.41, 5.74) is 2.35. The van der Waals surface area contributed by atoms with Crippen LogP contribution in [0.15, 0.2) is 24.3 Å². The normalized spacial score (nSPS) is 12.9. The van der Waals surface area contributed by atoms with E-state index in [1.54, 1.807) is 0 Å². The van der Waals surface area contributed by atoms with Gasteiger partial charge in [-0.2, -0.15) is 5.26 Å². The average Bonchev–Trinajstić information content (AvgIpc) is 2.61. The van der Waals surface area contributed by atoms with Crippen LogP contribution in [0.3, 0.4) is 0 Å². The highest BCUT2D eigenvalue weighted by atomic mass is 16.4. The summed E-state index contributed by atoms with van der Waals surface area (Å²) in [4.78, 5) is 23.0. The van der Waals surface area contributed by atoms with Crippen LogP contribution in [0, 0.1) is 23.2 Å². The Morgan fingerprint density at radius 2 is 1.50 bits per heavy atom.